The lowest BCUT2D eigenvalue weighted by atomic mass is 9.80. The van der Waals surface area contributed by atoms with E-state index in [2.05, 4.69) is 0 Å². The molecule has 3 aliphatic heterocycles. The lowest BCUT2D eigenvalue weighted by Crippen LogP contribution is -2.47. The highest BCUT2D eigenvalue weighted by Crippen LogP contribution is 2.46. The van der Waals surface area contributed by atoms with Crippen molar-refractivity contribution in [2.45, 2.75) is 70.4 Å². The van der Waals surface area contributed by atoms with Gasteiger partial charge in [-0.2, -0.15) is 9.41 Å². The van der Waals surface area contributed by atoms with Gasteiger partial charge in [0.1, 0.15) is 5.60 Å². The van der Waals surface area contributed by atoms with Crippen molar-refractivity contribution in [2.75, 3.05) is 20.2 Å². The van der Waals surface area contributed by atoms with E-state index < -0.39 is 15.4 Å². The van der Waals surface area contributed by atoms with Gasteiger partial charge in [-0.05, 0) is 77.3 Å². The van der Waals surface area contributed by atoms with E-state index in [1.807, 2.05) is 52.8 Å². The second-order valence-electron chi connectivity index (χ2n) is 11.3. The normalized spacial score (nSPS) is 21.5. The fraction of sp³-hybridized carbons (Fsp3) is 0.500. The van der Waals surface area contributed by atoms with Crippen molar-refractivity contribution in [1.29, 1.82) is 0 Å². The number of piperidine rings is 1. The number of carbonyl (C=O) groups is 1. The third-order valence-corrected chi connectivity index (χ3v) is 9.51. The summed E-state index contributed by atoms with van der Waals surface area (Å²) >= 11 is 0. The van der Waals surface area contributed by atoms with Crippen LogP contribution in [0.1, 0.15) is 57.2 Å². The van der Waals surface area contributed by atoms with Crippen LogP contribution in [0, 0.1) is 12.3 Å². The third-order valence-electron chi connectivity index (χ3n) is 7.62. The van der Waals surface area contributed by atoms with Crippen molar-refractivity contribution in [3.8, 4) is 11.5 Å². The Kier molecular flexibility index (Phi) is 6.15. The highest BCUT2D eigenvalue weighted by atomic mass is 32.2. The summed E-state index contributed by atoms with van der Waals surface area (Å²) in [4.78, 5) is 13.9. The van der Waals surface area contributed by atoms with E-state index in [4.69, 9.17) is 14.6 Å². The van der Waals surface area contributed by atoms with Crippen LogP contribution in [0.2, 0.25) is 0 Å². The molecule has 0 atom stereocenters. The van der Waals surface area contributed by atoms with Crippen LogP contribution in [-0.2, 0) is 21.2 Å². The molecular weight excluding hydrogens is 490 g/mol. The van der Waals surface area contributed by atoms with Crippen LogP contribution in [-0.4, -0.2) is 61.2 Å². The van der Waals surface area contributed by atoms with Crippen LogP contribution in [0.5, 0.6) is 11.5 Å². The number of amides is 1. The number of hydrogen-bond donors (Lipinski definition) is 0. The van der Waals surface area contributed by atoms with E-state index in [0.29, 0.717) is 54.5 Å². The maximum Gasteiger partial charge on any atom is 0.254 e. The Bertz CT molecular complexity index is 1390. The molecule has 2 aromatic rings. The zero-order valence-corrected chi connectivity index (χ0v) is 23.2. The van der Waals surface area contributed by atoms with Crippen molar-refractivity contribution < 1.29 is 22.7 Å². The van der Waals surface area contributed by atoms with Crippen molar-refractivity contribution in [3.63, 3.8) is 0 Å². The van der Waals surface area contributed by atoms with Gasteiger partial charge < -0.3 is 9.47 Å². The quantitative estimate of drug-likeness (QED) is 0.585. The number of benzene rings is 2. The van der Waals surface area contributed by atoms with E-state index in [-0.39, 0.29) is 17.6 Å². The summed E-state index contributed by atoms with van der Waals surface area (Å²) in [6.45, 7) is 10.5. The second-order valence-corrected chi connectivity index (χ2v) is 13.3. The van der Waals surface area contributed by atoms with Crippen molar-refractivity contribution in [3.05, 3.63) is 53.1 Å². The van der Waals surface area contributed by atoms with Gasteiger partial charge in [-0.3, -0.25) is 4.79 Å². The first-order valence-electron chi connectivity index (χ1n) is 12.7. The Hall–Kier alpha value is -2.91. The molecule has 9 heteroatoms. The minimum absolute atomic E-state index is 0.0646. The Balaban J connectivity index is 1.41. The number of hydrazone groups is 1. The molecule has 3 aliphatic rings. The molecule has 5 rings (SSSR count). The van der Waals surface area contributed by atoms with Crippen molar-refractivity contribution in [2.24, 2.45) is 10.5 Å². The predicted molar refractivity (Wildman–Crippen MR) is 142 cm³/mol. The number of sulfonamides is 1. The lowest BCUT2D eigenvalue weighted by molar-refractivity contribution is -0.137. The first-order chi connectivity index (χ1) is 17.3. The minimum Gasteiger partial charge on any atom is -0.493 e. The van der Waals surface area contributed by atoms with Gasteiger partial charge in [0.15, 0.2) is 11.5 Å². The van der Waals surface area contributed by atoms with E-state index in [1.54, 1.807) is 30.3 Å². The molecule has 0 N–H and O–H groups in total. The molecule has 3 heterocycles. The van der Waals surface area contributed by atoms with Gasteiger partial charge in [-0.25, -0.2) is 13.4 Å². The van der Waals surface area contributed by atoms with Crippen molar-refractivity contribution in [1.82, 2.24) is 9.31 Å². The number of rotatable bonds is 5. The van der Waals surface area contributed by atoms with Gasteiger partial charge >= 0.3 is 0 Å². The average Bonchev–Trinajstić information content (AvgIpc) is 3.30. The fourth-order valence-corrected chi connectivity index (χ4v) is 7.15. The number of nitrogens with zero attached hydrogens (tertiary/aromatic N) is 3. The highest BCUT2D eigenvalue weighted by Gasteiger charge is 2.49. The Morgan fingerprint density at radius 3 is 2.43 bits per heavy atom. The molecule has 0 bridgehead atoms. The zero-order chi connectivity index (χ0) is 26.8. The van der Waals surface area contributed by atoms with Gasteiger partial charge in [0, 0.05) is 30.6 Å². The predicted octanol–water partition coefficient (Wildman–Crippen LogP) is 4.14. The Labute approximate surface area is 219 Å². The van der Waals surface area contributed by atoms with Gasteiger partial charge in [0.05, 0.1) is 29.2 Å². The summed E-state index contributed by atoms with van der Waals surface area (Å²) in [6.07, 6.45) is 1.74. The Morgan fingerprint density at radius 2 is 1.78 bits per heavy atom. The monoisotopic (exact) mass is 525 g/mol. The molecule has 2 aromatic carbocycles. The number of ether oxygens (including phenoxy) is 2. The topological polar surface area (TPSA) is 88.5 Å². The Morgan fingerprint density at radius 1 is 1.08 bits per heavy atom. The van der Waals surface area contributed by atoms with Crippen molar-refractivity contribution >= 4 is 21.6 Å². The molecule has 0 unspecified atom stereocenters. The maximum absolute atomic E-state index is 13.6. The first-order valence-corrected chi connectivity index (χ1v) is 14.2. The van der Waals surface area contributed by atoms with Gasteiger partial charge in [0.25, 0.3) is 5.91 Å². The third kappa shape index (κ3) is 4.32. The largest absolute Gasteiger partial charge is 0.493 e. The van der Waals surface area contributed by atoms with Gasteiger partial charge in [-0.15, -0.1) is 0 Å². The molecule has 198 valence electrons. The summed E-state index contributed by atoms with van der Waals surface area (Å²) in [6, 6.07) is 10.7. The molecule has 1 amide bonds. The summed E-state index contributed by atoms with van der Waals surface area (Å²) in [7, 11) is -1.96. The average molecular weight is 526 g/mol. The molecule has 0 saturated carbocycles. The number of methoxy groups -OCH3 is 1. The van der Waals surface area contributed by atoms with Gasteiger partial charge in [-0.1, -0.05) is 12.1 Å². The highest BCUT2D eigenvalue weighted by molar-refractivity contribution is 7.89. The van der Waals surface area contributed by atoms with Gasteiger partial charge in [0.2, 0.25) is 10.0 Å². The molecule has 1 fully saturated rings. The zero-order valence-electron chi connectivity index (χ0n) is 22.4. The molecular formula is C28H35N3O5S. The van der Waals surface area contributed by atoms with E-state index >= 15 is 0 Å². The number of fused-ring (bicyclic) bond motifs is 1. The fourth-order valence-electron chi connectivity index (χ4n) is 5.57. The van der Waals surface area contributed by atoms with Crippen LogP contribution < -0.4 is 9.47 Å². The molecule has 0 radical (unpaired) electrons. The summed E-state index contributed by atoms with van der Waals surface area (Å²) in [5, 5.41) is 6.49. The second kappa shape index (κ2) is 8.84. The molecule has 8 nitrogen and oxygen atoms in total. The molecule has 0 aliphatic carbocycles. The minimum atomic E-state index is -3.58. The lowest BCUT2D eigenvalue weighted by Gasteiger charge is -2.35. The van der Waals surface area contributed by atoms with Crippen LogP contribution in [0.15, 0.2) is 46.4 Å². The molecule has 0 aromatic heterocycles. The van der Waals surface area contributed by atoms with E-state index in [1.165, 1.54) is 4.31 Å². The van der Waals surface area contributed by atoms with Crippen LogP contribution in [0.25, 0.3) is 0 Å². The smallest absolute Gasteiger partial charge is 0.254 e. The number of hydrogen-bond acceptors (Lipinski definition) is 6. The molecule has 1 saturated heterocycles. The maximum atomic E-state index is 13.6. The van der Waals surface area contributed by atoms with Crippen LogP contribution in [0.3, 0.4) is 0 Å². The molecule has 37 heavy (non-hydrogen) atoms. The first kappa shape index (κ1) is 25.7. The SMILES string of the molecule is COc1ccc(C2=NN(C3CCN(S(=O)(=O)c4cccc(C)c4)CC3)C(=O)C2(C)C)c2c1OC(C)(C)C2. The van der Waals surface area contributed by atoms with Crippen LogP contribution >= 0.6 is 0 Å². The summed E-state index contributed by atoms with van der Waals surface area (Å²) in [5.41, 5.74) is 2.33. The number of aryl methyl sites for hydroxylation is 1. The van der Waals surface area contributed by atoms with E-state index in [0.717, 1.165) is 16.7 Å². The summed E-state index contributed by atoms with van der Waals surface area (Å²) < 4.78 is 39.6. The van der Waals surface area contributed by atoms with Crippen LogP contribution in [0.4, 0.5) is 0 Å². The summed E-state index contributed by atoms with van der Waals surface area (Å²) in [5.74, 6) is 1.32. The number of carbonyl (C=O) groups excluding carboxylic acids is 1. The molecule has 0 spiro atoms. The standard InChI is InChI=1S/C28H35N3O5S/c1-18-8-7-9-20(16-18)37(33,34)30-14-12-19(13-15-30)31-26(32)28(4,5)25(29-31)21-10-11-23(35-6)24-22(21)17-27(2,3)36-24/h7-11,16,19H,12-15,17H2,1-6H3. The van der Waals surface area contributed by atoms with E-state index in [9.17, 15) is 13.2 Å².